The average molecular weight is 557 g/mol. The van der Waals surface area contributed by atoms with Crippen molar-refractivity contribution >= 4 is 17.5 Å². The number of unbranched alkanes of at least 4 members (excludes halogenated alkanes) is 1. The number of cyclic esters (lactones) is 1. The summed E-state index contributed by atoms with van der Waals surface area (Å²) in [5, 5.41) is 4.42. The minimum Gasteiger partial charge on any atom is -0.439 e. The van der Waals surface area contributed by atoms with Crippen molar-refractivity contribution in [3.63, 3.8) is 0 Å². The maximum absolute atomic E-state index is 13.3. The Kier molecular flexibility index (Phi) is 8.32. The van der Waals surface area contributed by atoms with Crippen molar-refractivity contribution in [3.8, 4) is 0 Å². The first-order valence-corrected chi connectivity index (χ1v) is 11.5. The zero-order valence-corrected chi connectivity index (χ0v) is 20.1. The van der Waals surface area contributed by atoms with E-state index in [2.05, 4.69) is 5.32 Å². The second-order valence-electron chi connectivity index (χ2n) is 8.79. The van der Waals surface area contributed by atoms with E-state index < -0.39 is 53.6 Å². The molecule has 1 saturated heterocycles. The summed E-state index contributed by atoms with van der Waals surface area (Å²) in [4.78, 5) is 13.7. The van der Waals surface area contributed by atoms with Gasteiger partial charge >= 0.3 is 24.7 Å². The third kappa shape index (κ3) is 7.16. The van der Waals surface area contributed by atoms with E-state index in [4.69, 9.17) is 4.74 Å². The first-order chi connectivity index (χ1) is 17.5. The van der Waals surface area contributed by atoms with Gasteiger partial charge in [-0.25, -0.2) is 4.79 Å². The van der Waals surface area contributed by atoms with Crippen molar-refractivity contribution in [2.24, 2.45) is 0 Å². The molecule has 0 spiro atoms. The minimum absolute atomic E-state index is 0.0316. The average Bonchev–Trinajstić information content (AvgIpc) is 3.06. The van der Waals surface area contributed by atoms with Crippen LogP contribution in [0.5, 0.6) is 0 Å². The molecule has 2 N–H and O–H groups in total. The monoisotopic (exact) mass is 557 g/mol. The number of alkyl halides is 9. The molecule has 0 radical (unpaired) electrons. The van der Waals surface area contributed by atoms with Gasteiger partial charge in [-0.05, 0) is 60.9 Å². The van der Waals surface area contributed by atoms with Crippen LogP contribution in [0.15, 0.2) is 36.4 Å². The van der Waals surface area contributed by atoms with E-state index in [1.807, 2.05) is 6.92 Å². The Balaban J connectivity index is 1.95. The Morgan fingerprint density at radius 1 is 0.921 bits per heavy atom. The third-order valence-electron chi connectivity index (χ3n) is 5.91. The van der Waals surface area contributed by atoms with Crippen LogP contribution in [0.1, 0.15) is 55.0 Å². The molecule has 0 aliphatic carbocycles. The maximum Gasteiger partial charge on any atom is 0.482 e. The van der Waals surface area contributed by atoms with Gasteiger partial charge in [-0.3, -0.25) is 10.2 Å². The van der Waals surface area contributed by atoms with Gasteiger partial charge in [-0.1, -0.05) is 13.3 Å². The van der Waals surface area contributed by atoms with Gasteiger partial charge in [0.15, 0.2) is 0 Å². The topological polar surface area (TPSA) is 53.6 Å². The Bertz CT molecular complexity index is 1110. The molecule has 2 atom stereocenters. The molecule has 14 heteroatoms. The summed E-state index contributed by atoms with van der Waals surface area (Å²) in [7, 11) is 0. The number of ether oxygens (including phenoxy) is 1. The number of hydrogen-bond acceptors (Lipinski definition) is 4. The Labute approximate surface area is 211 Å². The number of nitrogens with zero attached hydrogens (tertiary/aromatic N) is 1. The number of carbonyl (C=O) groups is 1. The molecule has 3 rings (SSSR count). The number of halogens is 9. The zero-order valence-electron chi connectivity index (χ0n) is 20.1. The van der Waals surface area contributed by atoms with Gasteiger partial charge in [-0.2, -0.15) is 39.5 Å². The standard InChI is InChI=1S/C24H24F9N3O2/c1-3-4-7-34-19-6-5-18(35-24(31,32)33)10-15(19)12-36-13(2)20(38-21(36)37)14-8-16(22(25,26)27)11-17(9-14)23(28,29)30/h5-6,8-11,13,20,34-35H,3-4,7,12H2,1-2H3/t13-,20-/m0/s1. The molecular weight excluding hydrogens is 533 g/mol. The van der Waals surface area contributed by atoms with E-state index in [1.54, 1.807) is 0 Å². The molecule has 1 amide bonds. The molecule has 2 aromatic rings. The lowest BCUT2D eigenvalue weighted by molar-refractivity contribution is -0.143. The fraction of sp³-hybridized carbons (Fsp3) is 0.458. The van der Waals surface area contributed by atoms with Crippen LogP contribution in [-0.2, 0) is 23.6 Å². The van der Waals surface area contributed by atoms with Crippen molar-refractivity contribution in [2.75, 3.05) is 17.2 Å². The summed E-state index contributed by atoms with van der Waals surface area (Å²) in [6.45, 7) is 3.45. The van der Waals surface area contributed by atoms with E-state index in [0.29, 0.717) is 24.4 Å². The molecule has 2 aromatic carbocycles. The highest BCUT2D eigenvalue weighted by Gasteiger charge is 2.43. The van der Waals surface area contributed by atoms with Crippen LogP contribution in [0.3, 0.4) is 0 Å². The van der Waals surface area contributed by atoms with E-state index in [9.17, 15) is 44.3 Å². The normalized spacial score (nSPS) is 18.5. The van der Waals surface area contributed by atoms with Crippen molar-refractivity contribution in [1.29, 1.82) is 0 Å². The smallest absolute Gasteiger partial charge is 0.439 e. The molecule has 0 saturated carbocycles. The SMILES string of the molecule is CCCCNc1ccc(NC(F)(F)F)cc1CN1C(=O)O[C@H](c2cc(C(F)(F)F)cc(C(F)(F)F)c2)[C@@H]1C. The summed E-state index contributed by atoms with van der Waals surface area (Å²) in [5.41, 5.74) is -3.30. The number of carbonyl (C=O) groups excluding carboxylic acids is 1. The van der Waals surface area contributed by atoms with Gasteiger partial charge in [-0.15, -0.1) is 0 Å². The van der Waals surface area contributed by atoms with Crippen LogP contribution in [0, 0.1) is 0 Å². The highest BCUT2D eigenvalue weighted by Crippen LogP contribution is 2.41. The van der Waals surface area contributed by atoms with Gasteiger partial charge < -0.3 is 10.1 Å². The first kappa shape index (κ1) is 29.2. The Morgan fingerprint density at radius 3 is 2.05 bits per heavy atom. The number of hydrogen-bond donors (Lipinski definition) is 2. The van der Waals surface area contributed by atoms with Gasteiger partial charge in [0.25, 0.3) is 0 Å². The molecule has 0 aromatic heterocycles. The summed E-state index contributed by atoms with van der Waals surface area (Å²) in [5.74, 6) is 0. The summed E-state index contributed by atoms with van der Waals surface area (Å²) >= 11 is 0. The summed E-state index contributed by atoms with van der Waals surface area (Å²) in [6.07, 6.45) is -15.9. The lowest BCUT2D eigenvalue weighted by Gasteiger charge is -2.24. The highest BCUT2D eigenvalue weighted by molar-refractivity contribution is 5.72. The fourth-order valence-electron chi connectivity index (χ4n) is 4.02. The van der Waals surface area contributed by atoms with Crippen LogP contribution in [0.4, 0.5) is 55.7 Å². The number of rotatable bonds is 8. The minimum atomic E-state index is -5.09. The number of amides is 1. The largest absolute Gasteiger partial charge is 0.482 e. The highest BCUT2D eigenvalue weighted by atomic mass is 19.4. The maximum atomic E-state index is 13.3. The van der Waals surface area contributed by atoms with Crippen molar-refractivity contribution in [2.45, 2.75) is 64.0 Å². The van der Waals surface area contributed by atoms with E-state index >= 15 is 0 Å². The predicted octanol–water partition coefficient (Wildman–Crippen LogP) is 7.95. The summed E-state index contributed by atoms with van der Waals surface area (Å²) in [6, 6.07) is 3.61. The molecule has 210 valence electrons. The van der Waals surface area contributed by atoms with Crippen molar-refractivity contribution < 1.29 is 49.0 Å². The predicted molar refractivity (Wildman–Crippen MR) is 120 cm³/mol. The second-order valence-corrected chi connectivity index (χ2v) is 8.79. The Hall–Kier alpha value is -3.32. The van der Waals surface area contributed by atoms with Crippen LogP contribution in [-0.4, -0.2) is 29.9 Å². The molecule has 5 nitrogen and oxygen atoms in total. The molecule has 1 heterocycles. The summed E-state index contributed by atoms with van der Waals surface area (Å²) < 4.78 is 124. The quantitative estimate of drug-likeness (QED) is 0.197. The zero-order chi connectivity index (χ0) is 28.5. The van der Waals surface area contributed by atoms with E-state index in [-0.39, 0.29) is 23.9 Å². The van der Waals surface area contributed by atoms with Gasteiger partial charge in [0, 0.05) is 17.9 Å². The van der Waals surface area contributed by atoms with Gasteiger partial charge in [0.1, 0.15) is 6.10 Å². The molecule has 0 bridgehead atoms. The van der Waals surface area contributed by atoms with Crippen molar-refractivity contribution in [3.05, 3.63) is 58.7 Å². The lowest BCUT2D eigenvalue weighted by Crippen LogP contribution is -2.32. The molecular formula is C24H24F9N3O2. The molecule has 1 fully saturated rings. The lowest BCUT2D eigenvalue weighted by atomic mass is 9.97. The number of benzene rings is 2. The molecule has 1 aliphatic rings. The van der Waals surface area contributed by atoms with Crippen LogP contribution in [0.25, 0.3) is 0 Å². The third-order valence-corrected chi connectivity index (χ3v) is 5.91. The van der Waals surface area contributed by atoms with E-state index in [1.165, 1.54) is 24.4 Å². The van der Waals surface area contributed by atoms with Crippen LogP contribution in [0.2, 0.25) is 0 Å². The Morgan fingerprint density at radius 2 is 1.53 bits per heavy atom. The molecule has 0 unspecified atom stereocenters. The molecule has 1 aliphatic heterocycles. The number of anilines is 2. The van der Waals surface area contributed by atoms with Crippen LogP contribution >= 0.6 is 0 Å². The fourth-order valence-corrected chi connectivity index (χ4v) is 4.02. The van der Waals surface area contributed by atoms with Crippen molar-refractivity contribution in [1.82, 2.24) is 4.90 Å². The second kappa shape index (κ2) is 10.8. The molecule has 38 heavy (non-hydrogen) atoms. The van der Waals surface area contributed by atoms with Crippen LogP contribution < -0.4 is 10.6 Å². The van der Waals surface area contributed by atoms with Gasteiger partial charge in [0.2, 0.25) is 0 Å². The first-order valence-electron chi connectivity index (χ1n) is 11.5. The van der Waals surface area contributed by atoms with Gasteiger partial charge in [0.05, 0.1) is 23.7 Å². The van der Waals surface area contributed by atoms with E-state index in [0.717, 1.165) is 23.8 Å². The number of nitrogens with one attached hydrogen (secondary N) is 2.